The summed E-state index contributed by atoms with van der Waals surface area (Å²) in [6.45, 7) is 3.21. The van der Waals surface area contributed by atoms with E-state index in [1.54, 1.807) is 18.2 Å². The molecule has 0 aromatic heterocycles. The van der Waals surface area contributed by atoms with E-state index in [9.17, 15) is 19.7 Å². The number of esters is 1. The van der Waals surface area contributed by atoms with Gasteiger partial charge in [-0.05, 0) is 38.1 Å². The zero-order chi connectivity index (χ0) is 16.3. The fourth-order valence-corrected chi connectivity index (χ4v) is 1.89. The number of rotatable bonds is 4. The Morgan fingerprint density at radius 3 is 2.27 bits per heavy atom. The number of ether oxygens (including phenoxy) is 1. The number of hydrogen-bond donors (Lipinski definition) is 0. The van der Waals surface area contributed by atoms with Gasteiger partial charge in [0.05, 0.1) is 16.1 Å². The Kier molecular flexibility index (Phi) is 4.31. The van der Waals surface area contributed by atoms with Crippen LogP contribution in [0.1, 0.15) is 33.2 Å². The lowest BCUT2D eigenvalue weighted by atomic mass is 10.1. The first-order valence-electron chi connectivity index (χ1n) is 6.46. The molecule has 6 heteroatoms. The van der Waals surface area contributed by atoms with E-state index in [4.69, 9.17) is 4.74 Å². The highest BCUT2D eigenvalue weighted by molar-refractivity contribution is 5.99. The number of carbonyl (C=O) groups excluding carboxylic acids is 2. The Hall–Kier alpha value is -3.02. The number of carbonyl (C=O) groups is 2. The van der Waals surface area contributed by atoms with E-state index in [1.807, 2.05) is 6.92 Å². The van der Waals surface area contributed by atoms with E-state index in [2.05, 4.69) is 0 Å². The molecule has 2 rings (SSSR count). The second-order valence-electron chi connectivity index (χ2n) is 4.75. The summed E-state index contributed by atoms with van der Waals surface area (Å²) in [6, 6.07) is 9.97. The summed E-state index contributed by atoms with van der Waals surface area (Å²) >= 11 is 0. The van der Waals surface area contributed by atoms with Crippen molar-refractivity contribution in [1.82, 2.24) is 0 Å². The zero-order valence-electron chi connectivity index (χ0n) is 12.0. The zero-order valence-corrected chi connectivity index (χ0v) is 12.0. The molecule has 0 N–H and O–H groups in total. The van der Waals surface area contributed by atoms with Gasteiger partial charge >= 0.3 is 5.97 Å². The highest BCUT2D eigenvalue weighted by atomic mass is 16.6. The fourth-order valence-electron chi connectivity index (χ4n) is 1.89. The predicted octanol–water partition coefficient (Wildman–Crippen LogP) is 3.33. The van der Waals surface area contributed by atoms with Crippen LogP contribution in [0.2, 0.25) is 0 Å². The Labute approximate surface area is 126 Å². The molecular formula is C16H13NO5. The molecule has 0 bridgehead atoms. The van der Waals surface area contributed by atoms with Crippen LogP contribution in [0.3, 0.4) is 0 Å². The molecule has 0 saturated heterocycles. The van der Waals surface area contributed by atoms with Crippen molar-refractivity contribution >= 4 is 17.4 Å². The summed E-state index contributed by atoms with van der Waals surface area (Å²) in [5.74, 6) is -0.724. The van der Waals surface area contributed by atoms with Gasteiger partial charge in [0, 0.05) is 12.1 Å². The third-order valence-corrected chi connectivity index (χ3v) is 3.03. The molecule has 0 spiro atoms. The van der Waals surface area contributed by atoms with Crippen LogP contribution in [-0.4, -0.2) is 16.7 Å². The highest BCUT2D eigenvalue weighted by Gasteiger charge is 2.15. The summed E-state index contributed by atoms with van der Waals surface area (Å²) < 4.78 is 5.22. The predicted molar refractivity (Wildman–Crippen MR) is 79.2 cm³/mol. The Morgan fingerprint density at radius 1 is 1.09 bits per heavy atom. The van der Waals surface area contributed by atoms with Crippen molar-refractivity contribution < 1.29 is 19.2 Å². The number of ketones is 1. The van der Waals surface area contributed by atoms with Crippen LogP contribution in [0.25, 0.3) is 0 Å². The summed E-state index contributed by atoms with van der Waals surface area (Å²) in [5, 5.41) is 10.6. The molecule has 0 fully saturated rings. The molecule has 0 heterocycles. The smallest absolute Gasteiger partial charge is 0.343 e. The average molecular weight is 299 g/mol. The van der Waals surface area contributed by atoms with Crippen molar-refractivity contribution in [3.8, 4) is 5.75 Å². The number of aryl methyl sites for hydroxylation is 1. The van der Waals surface area contributed by atoms with Gasteiger partial charge in [0.1, 0.15) is 5.75 Å². The third-order valence-electron chi connectivity index (χ3n) is 3.03. The van der Waals surface area contributed by atoms with E-state index in [0.717, 1.165) is 5.56 Å². The molecule has 0 radical (unpaired) electrons. The van der Waals surface area contributed by atoms with Gasteiger partial charge in [0.15, 0.2) is 5.78 Å². The van der Waals surface area contributed by atoms with E-state index in [0.29, 0.717) is 5.56 Å². The van der Waals surface area contributed by atoms with Crippen molar-refractivity contribution in [3.05, 3.63) is 69.3 Å². The number of nitro benzene ring substituents is 1. The van der Waals surface area contributed by atoms with E-state index < -0.39 is 10.9 Å². The third kappa shape index (κ3) is 3.35. The van der Waals surface area contributed by atoms with Crippen LogP contribution in [0, 0.1) is 17.0 Å². The number of hydrogen-bond acceptors (Lipinski definition) is 5. The van der Waals surface area contributed by atoms with Gasteiger partial charge in [-0.25, -0.2) is 4.79 Å². The maximum atomic E-state index is 12.1. The first kappa shape index (κ1) is 15.4. The minimum atomic E-state index is -0.679. The van der Waals surface area contributed by atoms with Gasteiger partial charge in [-0.2, -0.15) is 0 Å². The van der Waals surface area contributed by atoms with Crippen molar-refractivity contribution in [1.29, 1.82) is 0 Å². The fraction of sp³-hybridized carbons (Fsp3) is 0.125. The molecule has 2 aromatic rings. The molecule has 0 aliphatic heterocycles. The average Bonchev–Trinajstić information content (AvgIpc) is 2.48. The lowest BCUT2D eigenvalue weighted by Crippen LogP contribution is -2.11. The molecule has 0 aliphatic carbocycles. The minimum absolute atomic E-state index is 0.115. The number of nitro groups is 1. The van der Waals surface area contributed by atoms with E-state index in [-0.39, 0.29) is 22.8 Å². The topological polar surface area (TPSA) is 86.5 Å². The molecule has 6 nitrogen and oxygen atoms in total. The van der Waals surface area contributed by atoms with Gasteiger partial charge in [-0.15, -0.1) is 0 Å². The second kappa shape index (κ2) is 6.17. The van der Waals surface area contributed by atoms with Crippen molar-refractivity contribution in [3.63, 3.8) is 0 Å². The number of benzene rings is 2. The van der Waals surface area contributed by atoms with Gasteiger partial charge in [-0.1, -0.05) is 11.6 Å². The molecule has 0 amide bonds. The quantitative estimate of drug-likeness (QED) is 0.284. The van der Waals surface area contributed by atoms with Crippen LogP contribution < -0.4 is 4.74 Å². The monoisotopic (exact) mass is 299 g/mol. The van der Waals surface area contributed by atoms with Crippen LogP contribution in [0.5, 0.6) is 5.75 Å². The SMILES string of the molecule is CC(=O)c1cc(C)ccc1OC(=O)c1ccc([N+](=O)[O-])cc1. The molecule has 2 aromatic carbocycles. The number of Topliss-reactive ketones (excluding diaryl/α,β-unsaturated/α-hetero) is 1. The van der Waals surface area contributed by atoms with Crippen molar-refractivity contribution in [2.24, 2.45) is 0 Å². The van der Waals surface area contributed by atoms with Gasteiger partial charge in [0.25, 0.3) is 5.69 Å². The first-order valence-corrected chi connectivity index (χ1v) is 6.46. The molecular weight excluding hydrogens is 286 g/mol. The second-order valence-corrected chi connectivity index (χ2v) is 4.75. The van der Waals surface area contributed by atoms with Crippen LogP contribution in [0.15, 0.2) is 42.5 Å². The lowest BCUT2D eigenvalue weighted by molar-refractivity contribution is -0.384. The first-order chi connectivity index (χ1) is 10.4. The Balaban J connectivity index is 2.25. The maximum absolute atomic E-state index is 12.1. The molecule has 0 saturated carbocycles. The van der Waals surface area contributed by atoms with Crippen LogP contribution >= 0.6 is 0 Å². The standard InChI is InChI=1S/C16H13NO5/c1-10-3-8-15(14(9-10)11(2)18)22-16(19)12-4-6-13(7-5-12)17(20)21/h3-9H,1-2H3. The Morgan fingerprint density at radius 2 is 1.73 bits per heavy atom. The highest BCUT2D eigenvalue weighted by Crippen LogP contribution is 2.22. The molecule has 0 unspecified atom stereocenters. The lowest BCUT2D eigenvalue weighted by Gasteiger charge is -2.09. The number of non-ortho nitro benzene ring substituents is 1. The summed E-state index contributed by atoms with van der Waals surface area (Å²) in [5.41, 5.74) is 1.24. The minimum Gasteiger partial charge on any atom is -0.422 e. The summed E-state index contributed by atoms with van der Waals surface area (Å²) in [4.78, 5) is 33.7. The molecule has 0 aliphatic rings. The van der Waals surface area contributed by atoms with Crippen LogP contribution in [0.4, 0.5) is 5.69 Å². The molecule has 22 heavy (non-hydrogen) atoms. The van der Waals surface area contributed by atoms with Crippen molar-refractivity contribution in [2.45, 2.75) is 13.8 Å². The van der Waals surface area contributed by atoms with Crippen LogP contribution in [-0.2, 0) is 0 Å². The van der Waals surface area contributed by atoms with E-state index >= 15 is 0 Å². The molecule has 112 valence electrons. The summed E-state index contributed by atoms with van der Waals surface area (Å²) in [7, 11) is 0. The maximum Gasteiger partial charge on any atom is 0.343 e. The number of nitrogens with zero attached hydrogens (tertiary/aromatic N) is 1. The normalized spacial score (nSPS) is 10.1. The van der Waals surface area contributed by atoms with Gasteiger partial charge < -0.3 is 4.74 Å². The summed E-state index contributed by atoms with van der Waals surface area (Å²) in [6.07, 6.45) is 0. The van der Waals surface area contributed by atoms with Crippen molar-refractivity contribution in [2.75, 3.05) is 0 Å². The van der Waals surface area contributed by atoms with Gasteiger partial charge in [0.2, 0.25) is 0 Å². The van der Waals surface area contributed by atoms with E-state index in [1.165, 1.54) is 31.2 Å². The van der Waals surface area contributed by atoms with Gasteiger partial charge in [-0.3, -0.25) is 14.9 Å². The Bertz CT molecular complexity index is 750. The largest absolute Gasteiger partial charge is 0.422 e. The molecule has 0 atom stereocenters.